The van der Waals surface area contributed by atoms with Crippen LogP contribution in [0.4, 0.5) is 4.39 Å². The van der Waals surface area contributed by atoms with Crippen LogP contribution in [0.15, 0.2) is 59.5 Å². The van der Waals surface area contributed by atoms with Crippen LogP contribution >= 0.6 is 11.6 Å². The van der Waals surface area contributed by atoms with Crippen molar-refractivity contribution in [3.8, 4) is 5.75 Å². The third kappa shape index (κ3) is 3.20. The van der Waals surface area contributed by atoms with Gasteiger partial charge in [0.1, 0.15) is 5.82 Å². The van der Waals surface area contributed by atoms with Crippen molar-refractivity contribution in [1.29, 1.82) is 0 Å². The zero-order valence-corrected chi connectivity index (χ0v) is 17.2. The normalized spacial score (nSPS) is 21.0. The molecule has 0 spiro atoms. The Hall–Kier alpha value is -3.19. The molecule has 1 amide bonds. The highest BCUT2D eigenvalue weighted by Gasteiger charge is 2.48. The quantitative estimate of drug-likeness (QED) is 0.674. The van der Waals surface area contributed by atoms with Crippen LogP contribution in [-0.4, -0.2) is 38.3 Å². The summed E-state index contributed by atoms with van der Waals surface area (Å²) in [6.45, 7) is 0.527. The molecule has 1 N–H and O–H groups in total. The van der Waals surface area contributed by atoms with E-state index in [1.807, 2.05) is 18.2 Å². The number of carbonyl (C=O) groups is 1. The number of carbonyl (C=O) groups excluding carboxylic acids is 1. The predicted octanol–water partition coefficient (Wildman–Crippen LogP) is 3.73. The van der Waals surface area contributed by atoms with Gasteiger partial charge in [-0.3, -0.25) is 14.3 Å². The van der Waals surface area contributed by atoms with E-state index in [-0.39, 0.29) is 23.5 Å². The highest BCUT2D eigenvalue weighted by atomic mass is 35.5. The van der Waals surface area contributed by atoms with Crippen molar-refractivity contribution in [2.24, 2.45) is 0 Å². The average molecular weight is 440 g/mol. The summed E-state index contributed by atoms with van der Waals surface area (Å²) in [5, 5.41) is 15.3. The summed E-state index contributed by atoms with van der Waals surface area (Å²) < 4.78 is 15.7. The summed E-state index contributed by atoms with van der Waals surface area (Å²) >= 11 is 6.10. The summed E-state index contributed by atoms with van der Waals surface area (Å²) in [7, 11) is 0. The summed E-state index contributed by atoms with van der Waals surface area (Å²) in [6, 6.07) is 12.9. The maximum atomic E-state index is 14.2. The van der Waals surface area contributed by atoms with E-state index in [1.54, 1.807) is 23.1 Å². The molecule has 2 aromatic carbocycles. The Labute approximate surface area is 182 Å². The van der Waals surface area contributed by atoms with Gasteiger partial charge >= 0.3 is 0 Å². The van der Waals surface area contributed by atoms with E-state index in [0.29, 0.717) is 17.1 Å². The number of halogens is 2. The van der Waals surface area contributed by atoms with Gasteiger partial charge in [0.15, 0.2) is 11.4 Å². The Morgan fingerprint density at radius 3 is 2.65 bits per heavy atom. The minimum Gasteiger partial charge on any atom is -0.502 e. The number of benzene rings is 2. The van der Waals surface area contributed by atoms with E-state index >= 15 is 0 Å². The number of hydrogen-bond acceptors (Lipinski definition) is 4. The number of rotatable bonds is 3. The highest BCUT2D eigenvalue weighted by molar-refractivity contribution is 6.30. The van der Waals surface area contributed by atoms with Crippen molar-refractivity contribution in [2.75, 3.05) is 6.54 Å². The molecule has 2 aliphatic rings. The number of fused-ring (bicyclic) bond motifs is 2. The van der Waals surface area contributed by atoms with Gasteiger partial charge in [0.25, 0.3) is 5.91 Å². The summed E-state index contributed by atoms with van der Waals surface area (Å²) in [6.07, 6.45) is 2.56. The summed E-state index contributed by atoms with van der Waals surface area (Å²) in [5.74, 6) is -1.78. The molecule has 1 saturated heterocycles. The van der Waals surface area contributed by atoms with Gasteiger partial charge in [-0.1, -0.05) is 35.9 Å². The van der Waals surface area contributed by atoms with Crippen LogP contribution in [0.5, 0.6) is 5.75 Å². The Kier molecular flexibility index (Phi) is 4.78. The fourth-order valence-electron chi connectivity index (χ4n) is 4.90. The van der Waals surface area contributed by atoms with Crippen LogP contribution < -0.4 is 5.43 Å². The van der Waals surface area contributed by atoms with Gasteiger partial charge in [0, 0.05) is 17.5 Å². The third-order valence-electron chi connectivity index (χ3n) is 6.20. The topological polar surface area (TPSA) is 75.4 Å². The monoisotopic (exact) mass is 439 g/mol. The van der Waals surface area contributed by atoms with Gasteiger partial charge in [-0.25, -0.2) is 4.39 Å². The largest absolute Gasteiger partial charge is 0.502 e. The second kappa shape index (κ2) is 7.50. The molecule has 0 aliphatic carbocycles. The minimum absolute atomic E-state index is 0.119. The van der Waals surface area contributed by atoms with Gasteiger partial charge in [-0.2, -0.15) is 5.10 Å². The Morgan fingerprint density at radius 2 is 1.90 bits per heavy atom. The van der Waals surface area contributed by atoms with Gasteiger partial charge < -0.3 is 10.0 Å². The van der Waals surface area contributed by atoms with Gasteiger partial charge in [0.2, 0.25) is 5.43 Å². The molecule has 0 saturated carbocycles. The second-order valence-electron chi connectivity index (χ2n) is 7.93. The zero-order valence-electron chi connectivity index (χ0n) is 16.4. The number of hydrogen-bond donors (Lipinski definition) is 1. The standard InChI is InChI=1S/C23H19ClFN3O3/c24-15-8-6-13(7-9-15)19(14-3-1-4-16(25)11-14)20-17-5-2-10-27(17)23(31)21-22(30)18(29)12-26-28(20)21/h1,3-4,6-9,11-12,17,19-20,30H,2,5,10H2/t17-,19+,20-/m1/s1. The molecule has 158 valence electrons. The summed E-state index contributed by atoms with van der Waals surface area (Å²) in [5.41, 5.74) is 0.752. The predicted molar refractivity (Wildman–Crippen MR) is 113 cm³/mol. The maximum Gasteiger partial charge on any atom is 0.276 e. The lowest BCUT2D eigenvalue weighted by Gasteiger charge is -2.42. The molecule has 0 unspecified atom stereocenters. The molecule has 3 heterocycles. The molecular formula is C23H19ClFN3O3. The van der Waals surface area contributed by atoms with Gasteiger partial charge in [0.05, 0.1) is 18.3 Å². The molecule has 8 heteroatoms. The summed E-state index contributed by atoms with van der Waals surface area (Å²) in [4.78, 5) is 26.9. The molecule has 1 fully saturated rings. The first kappa shape index (κ1) is 19.8. The lowest BCUT2D eigenvalue weighted by molar-refractivity contribution is 0.0565. The fourth-order valence-corrected chi connectivity index (χ4v) is 5.03. The van der Waals surface area contributed by atoms with E-state index in [4.69, 9.17) is 11.6 Å². The molecule has 5 rings (SSSR count). The Morgan fingerprint density at radius 1 is 1.13 bits per heavy atom. The Balaban J connectivity index is 1.78. The second-order valence-corrected chi connectivity index (χ2v) is 8.37. The molecule has 3 atom stereocenters. The number of nitrogens with zero attached hydrogens (tertiary/aromatic N) is 3. The van der Waals surface area contributed by atoms with E-state index in [9.17, 15) is 19.1 Å². The van der Waals surface area contributed by atoms with Gasteiger partial charge in [-0.05, 0) is 48.2 Å². The first-order valence-corrected chi connectivity index (χ1v) is 10.5. The zero-order chi connectivity index (χ0) is 21.7. The molecule has 3 aromatic rings. The Bertz CT molecular complexity index is 1230. The van der Waals surface area contributed by atoms with Crippen LogP contribution in [-0.2, 0) is 0 Å². The first-order valence-electron chi connectivity index (χ1n) is 10.1. The van der Waals surface area contributed by atoms with Crippen LogP contribution in [0.3, 0.4) is 0 Å². The van der Waals surface area contributed by atoms with E-state index in [1.165, 1.54) is 16.8 Å². The van der Waals surface area contributed by atoms with Crippen molar-refractivity contribution in [2.45, 2.75) is 30.8 Å². The van der Waals surface area contributed by atoms with Crippen molar-refractivity contribution in [3.63, 3.8) is 0 Å². The number of aromatic hydroxyl groups is 1. The van der Waals surface area contributed by atoms with E-state index in [0.717, 1.165) is 24.6 Å². The maximum absolute atomic E-state index is 14.2. The van der Waals surface area contributed by atoms with Crippen molar-refractivity contribution < 1.29 is 14.3 Å². The molecule has 6 nitrogen and oxygen atoms in total. The van der Waals surface area contributed by atoms with Crippen molar-refractivity contribution in [3.05, 3.63) is 92.6 Å². The molecule has 31 heavy (non-hydrogen) atoms. The fraction of sp³-hybridized carbons (Fsp3) is 0.261. The molecule has 0 radical (unpaired) electrons. The van der Waals surface area contributed by atoms with Crippen LogP contribution in [0.25, 0.3) is 0 Å². The number of amides is 1. The lowest BCUT2D eigenvalue weighted by atomic mass is 9.80. The van der Waals surface area contributed by atoms with Crippen LogP contribution in [0, 0.1) is 5.82 Å². The lowest BCUT2D eigenvalue weighted by Crippen LogP contribution is -2.50. The first-order chi connectivity index (χ1) is 15.0. The SMILES string of the molecule is O=C1c2c(O)c(=O)cnn2[C@@H]([C@@H](c2ccc(Cl)cc2)c2cccc(F)c2)[C@H]2CCCN12. The minimum atomic E-state index is -0.704. The molecule has 2 aliphatic heterocycles. The van der Waals surface area contributed by atoms with Crippen LogP contribution in [0.1, 0.15) is 46.4 Å². The van der Waals surface area contributed by atoms with Crippen molar-refractivity contribution in [1.82, 2.24) is 14.7 Å². The smallest absolute Gasteiger partial charge is 0.276 e. The third-order valence-corrected chi connectivity index (χ3v) is 6.46. The molecular weight excluding hydrogens is 421 g/mol. The highest BCUT2D eigenvalue weighted by Crippen LogP contribution is 2.45. The average Bonchev–Trinajstić information content (AvgIpc) is 3.24. The molecule has 1 aromatic heterocycles. The molecule has 0 bridgehead atoms. The van der Waals surface area contributed by atoms with Gasteiger partial charge in [-0.15, -0.1) is 0 Å². The van der Waals surface area contributed by atoms with Crippen LogP contribution in [0.2, 0.25) is 5.02 Å². The van der Waals surface area contributed by atoms with Crippen molar-refractivity contribution >= 4 is 17.5 Å². The van der Waals surface area contributed by atoms with E-state index in [2.05, 4.69) is 5.10 Å². The number of aromatic nitrogens is 2. The van der Waals surface area contributed by atoms with E-state index < -0.39 is 23.1 Å².